The fourth-order valence-corrected chi connectivity index (χ4v) is 3.49. The van der Waals surface area contributed by atoms with E-state index >= 15 is 0 Å². The lowest BCUT2D eigenvalue weighted by Crippen LogP contribution is -2.41. The van der Waals surface area contributed by atoms with Crippen molar-refractivity contribution in [3.63, 3.8) is 0 Å². The number of rotatable bonds is 7. The van der Waals surface area contributed by atoms with Gasteiger partial charge in [0.2, 0.25) is 0 Å². The number of hydrogen-bond donors (Lipinski definition) is 2. The zero-order valence-corrected chi connectivity index (χ0v) is 14.8. The lowest BCUT2D eigenvalue weighted by atomic mass is 10.2. The van der Waals surface area contributed by atoms with E-state index in [-0.39, 0.29) is 5.82 Å². The van der Waals surface area contributed by atoms with Gasteiger partial charge in [-0.25, -0.2) is 14.2 Å². The Labute approximate surface area is 147 Å². The van der Waals surface area contributed by atoms with Gasteiger partial charge in [0, 0.05) is 5.56 Å². The van der Waals surface area contributed by atoms with Crippen molar-refractivity contribution >= 4 is 35.0 Å². The van der Waals surface area contributed by atoms with Gasteiger partial charge in [-0.05, 0) is 49.6 Å². The van der Waals surface area contributed by atoms with Gasteiger partial charge in [0.15, 0.2) is 0 Å². The van der Waals surface area contributed by atoms with Gasteiger partial charge in [-0.1, -0.05) is 0 Å². The van der Waals surface area contributed by atoms with E-state index in [1.54, 1.807) is 19.1 Å². The summed E-state index contributed by atoms with van der Waals surface area (Å²) in [4.78, 5) is 28.3. The number of aryl methyl sites for hydroxylation is 1. The fourth-order valence-electron chi connectivity index (χ4n) is 2.04. The van der Waals surface area contributed by atoms with Crippen molar-refractivity contribution in [3.05, 3.63) is 40.7 Å². The molecule has 0 saturated heterocycles. The second kappa shape index (κ2) is 8.25. The first-order valence-electron chi connectivity index (χ1n) is 7.18. The summed E-state index contributed by atoms with van der Waals surface area (Å²) in [7, 11) is 0. The van der Waals surface area contributed by atoms with Gasteiger partial charge >= 0.3 is 5.97 Å². The van der Waals surface area contributed by atoms with E-state index in [2.05, 4.69) is 10.3 Å². The number of amides is 1. The van der Waals surface area contributed by atoms with Gasteiger partial charge in [0.25, 0.3) is 5.91 Å². The predicted molar refractivity (Wildman–Crippen MR) is 94.1 cm³/mol. The number of carbonyl (C=O) groups excluding carboxylic acids is 1. The van der Waals surface area contributed by atoms with E-state index in [0.717, 1.165) is 11.3 Å². The Kier molecular flexibility index (Phi) is 6.33. The first-order valence-corrected chi connectivity index (χ1v) is 9.39. The molecule has 0 unspecified atom stereocenters. The Morgan fingerprint density at radius 3 is 2.62 bits per heavy atom. The minimum Gasteiger partial charge on any atom is -0.480 e. The fraction of sp³-hybridized carbons (Fsp3) is 0.312. The molecule has 5 nitrogen and oxygen atoms in total. The molecule has 1 amide bonds. The molecule has 0 aliphatic rings. The molecule has 2 aromatic rings. The highest BCUT2D eigenvalue weighted by Gasteiger charge is 2.23. The molecule has 8 heteroatoms. The summed E-state index contributed by atoms with van der Waals surface area (Å²) in [6.07, 6.45) is 2.23. The third-order valence-corrected chi connectivity index (χ3v) is 5.16. The highest BCUT2D eigenvalue weighted by atomic mass is 32.2. The zero-order chi connectivity index (χ0) is 17.7. The van der Waals surface area contributed by atoms with Crippen LogP contribution in [0.1, 0.15) is 21.8 Å². The van der Waals surface area contributed by atoms with Crippen molar-refractivity contribution in [3.8, 4) is 10.6 Å². The number of nitrogens with one attached hydrogen (secondary N) is 1. The monoisotopic (exact) mass is 368 g/mol. The molecular formula is C16H17FN2O3S2. The van der Waals surface area contributed by atoms with E-state index in [1.165, 1.54) is 23.9 Å². The van der Waals surface area contributed by atoms with Crippen LogP contribution in [0, 0.1) is 12.7 Å². The third-order valence-electron chi connectivity index (χ3n) is 3.31. The third kappa shape index (κ3) is 4.55. The Morgan fingerprint density at radius 1 is 1.38 bits per heavy atom. The number of carboxylic acids is 1. The number of aromatic nitrogens is 1. The Hall–Kier alpha value is -1.93. The molecule has 24 heavy (non-hydrogen) atoms. The number of thioether (sulfide) groups is 1. The summed E-state index contributed by atoms with van der Waals surface area (Å²) in [5.74, 6) is -1.21. The number of nitrogens with zero attached hydrogens (tertiary/aromatic N) is 1. The van der Waals surface area contributed by atoms with E-state index in [0.29, 0.717) is 33.3 Å². The van der Waals surface area contributed by atoms with Crippen LogP contribution in [0.4, 0.5) is 4.39 Å². The number of hydrogen-bond acceptors (Lipinski definition) is 5. The molecule has 1 aromatic heterocycles. The van der Waals surface area contributed by atoms with Gasteiger partial charge in [-0.15, -0.1) is 11.3 Å². The van der Waals surface area contributed by atoms with Gasteiger partial charge in [0.1, 0.15) is 21.7 Å². The zero-order valence-electron chi connectivity index (χ0n) is 13.2. The van der Waals surface area contributed by atoms with Crippen LogP contribution < -0.4 is 5.32 Å². The number of thiazole rings is 1. The molecule has 0 saturated carbocycles. The van der Waals surface area contributed by atoms with Crippen LogP contribution in [0.25, 0.3) is 10.6 Å². The summed E-state index contributed by atoms with van der Waals surface area (Å²) < 4.78 is 13.0. The average Bonchev–Trinajstić information content (AvgIpc) is 2.93. The molecule has 0 aliphatic heterocycles. The molecule has 1 heterocycles. The Bertz CT molecular complexity index is 731. The Morgan fingerprint density at radius 2 is 2.04 bits per heavy atom. The van der Waals surface area contributed by atoms with E-state index in [9.17, 15) is 19.1 Å². The van der Waals surface area contributed by atoms with Crippen LogP contribution in [0.2, 0.25) is 0 Å². The molecular weight excluding hydrogens is 351 g/mol. The quantitative estimate of drug-likeness (QED) is 0.785. The molecule has 0 aliphatic carbocycles. The number of carboxylic acid groups (broad SMARTS) is 1. The topological polar surface area (TPSA) is 79.3 Å². The lowest BCUT2D eigenvalue weighted by molar-refractivity contribution is -0.139. The molecule has 128 valence electrons. The molecule has 2 N–H and O–H groups in total. The second-order valence-electron chi connectivity index (χ2n) is 5.09. The van der Waals surface area contributed by atoms with E-state index < -0.39 is 17.9 Å². The van der Waals surface area contributed by atoms with Gasteiger partial charge in [-0.2, -0.15) is 11.8 Å². The van der Waals surface area contributed by atoms with Crippen LogP contribution in [0.5, 0.6) is 0 Å². The Balaban J connectivity index is 2.17. The van der Waals surface area contributed by atoms with Crippen molar-refractivity contribution in [1.29, 1.82) is 0 Å². The van der Waals surface area contributed by atoms with Crippen molar-refractivity contribution in [2.75, 3.05) is 12.0 Å². The molecule has 0 spiro atoms. The molecule has 0 fully saturated rings. The number of halogens is 1. The number of carbonyl (C=O) groups is 2. The van der Waals surface area contributed by atoms with Gasteiger partial charge in [-0.3, -0.25) is 4.79 Å². The first kappa shape index (κ1) is 18.4. The van der Waals surface area contributed by atoms with Crippen LogP contribution in [0.3, 0.4) is 0 Å². The summed E-state index contributed by atoms with van der Waals surface area (Å²) >= 11 is 2.68. The maximum atomic E-state index is 13.0. The number of aliphatic carboxylic acids is 1. The van der Waals surface area contributed by atoms with E-state index in [1.807, 2.05) is 6.26 Å². The number of benzene rings is 1. The van der Waals surface area contributed by atoms with E-state index in [4.69, 9.17) is 0 Å². The van der Waals surface area contributed by atoms with Crippen LogP contribution in [-0.2, 0) is 4.79 Å². The van der Waals surface area contributed by atoms with Crippen molar-refractivity contribution in [2.24, 2.45) is 0 Å². The maximum Gasteiger partial charge on any atom is 0.326 e. The van der Waals surface area contributed by atoms with Gasteiger partial charge in [0.05, 0.1) is 5.69 Å². The molecule has 0 radical (unpaired) electrons. The molecule has 0 bridgehead atoms. The minimum absolute atomic E-state index is 0.344. The van der Waals surface area contributed by atoms with Crippen LogP contribution in [0.15, 0.2) is 24.3 Å². The smallest absolute Gasteiger partial charge is 0.326 e. The maximum absolute atomic E-state index is 13.0. The van der Waals surface area contributed by atoms with Gasteiger partial charge < -0.3 is 10.4 Å². The average molecular weight is 368 g/mol. The predicted octanol–water partition coefficient (Wildman–Crippen LogP) is 3.19. The minimum atomic E-state index is -1.06. The summed E-state index contributed by atoms with van der Waals surface area (Å²) in [5.41, 5.74) is 1.23. The lowest BCUT2D eigenvalue weighted by Gasteiger charge is -2.13. The first-order chi connectivity index (χ1) is 11.4. The van der Waals surface area contributed by atoms with Crippen molar-refractivity contribution in [2.45, 2.75) is 19.4 Å². The SMILES string of the molecule is CSCC[C@@H](NC(=O)c1sc(-c2ccc(F)cc2)nc1C)C(=O)O. The largest absolute Gasteiger partial charge is 0.480 e. The van der Waals surface area contributed by atoms with Crippen molar-refractivity contribution in [1.82, 2.24) is 10.3 Å². The summed E-state index contributed by atoms with van der Waals surface area (Å²) in [6, 6.07) is 4.91. The summed E-state index contributed by atoms with van der Waals surface area (Å²) in [6.45, 7) is 1.69. The molecule has 1 atom stereocenters. The molecule has 1 aromatic carbocycles. The highest BCUT2D eigenvalue weighted by molar-refractivity contribution is 7.98. The van der Waals surface area contributed by atoms with Crippen molar-refractivity contribution < 1.29 is 19.1 Å². The summed E-state index contributed by atoms with van der Waals surface area (Å²) in [5, 5.41) is 12.3. The van der Waals surface area contributed by atoms with Crippen LogP contribution >= 0.6 is 23.1 Å². The van der Waals surface area contributed by atoms with Crippen LogP contribution in [-0.4, -0.2) is 40.0 Å². The molecule has 2 rings (SSSR count). The normalized spacial score (nSPS) is 12.0. The standard InChI is InChI=1S/C16H17FN2O3S2/c1-9-13(14(20)19-12(16(21)22)7-8-23-2)24-15(18-9)10-3-5-11(17)6-4-10/h3-6,12H,7-8H2,1-2H3,(H,19,20)(H,21,22)/t12-/m1/s1. The second-order valence-corrected chi connectivity index (χ2v) is 7.07. The highest BCUT2D eigenvalue weighted by Crippen LogP contribution is 2.28.